The quantitative estimate of drug-likeness (QED) is 0.770. The first-order chi connectivity index (χ1) is 14.5. The van der Waals surface area contributed by atoms with Gasteiger partial charge in [0.15, 0.2) is 0 Å². The number of hydrogen-bond acceptors (Lipinski definition) is 5. The molecule has 3 amide bonds. The van der Waals surface area contributed by atoms with Gasteiger partial charge in [0, 0.05) is 56.8 Å². The zero-order valence-electron chi connectivity index (χ0n) is 17.1. The number of para-hydroxylation sites is 1. The smallest absolute Gasteiger partial charge is 0.251 e. The van der Waals surface area contributed by atoms with E-state index in [4.69, 9.17) is 0 Å². The summed E-state index contributed by atoms with van der Waals surface area (Å²) in [4.78, 5) is 42.2. The first kappa shape index (κ1) is 20.1. The van der Waals surface area contributed by atoms with Crippen molar-refractivity contribution in [1.29, 1.82) is 0 Å². The van der Waals surface area contributed by atoms with Crippen LogP contribution < -0.4 is 15.1 Å². The Bertz CT molecular complexity index is 933. The van der Waals surface area contributed by atoms with Crippen molar-refractivity contribution in [3.8, 4) is 0 Å². The van der Waals surface area contributed by atoms with E-state index < -0.39 is 0 Å². The van der Waals surface area contributed by atoms with Crippen LogP contribution in [0.3, 0.4) is 0 Å². The molecule has 0 aromatic heterocycles. The van der Waals surface area contributed by atoms with Gasteiger partial charge in [0.05, 0.1) is 5.69 Å². The summed E-state index contributed by atoms with van der Waals surface area (Å²) in [5.74, 6) is -0.579. The number of anilines is 2. The van der Waals surface area contributed by atoms with Crippen LogP contribution in [0.25, 0.3) is 0 Å². The molecule has 1 N–H and O–H groups in total. The first-order valence-electron chi connectivity index (χ1n) is 10.3. The highest BCUT2D eigenvalue weighted by atomic mass is 16.2. The SMILES string of the molecule is CN1CCN(c2ccccc2CNC(=O)c2ccc(N3C(=O)CCC3=O)cc2)CC1. The largest absolute Gasteiger partial charge is 0.369 e. The lowest BCUT2D eigenvalue weighted by Crippen LogP contribution is -2.45. The fraction of sp³-hybridized carbons (Fsp3) is 0.348. The molecule has 0 atom stereocenters. The van der Waals surface area contributed by atoms with Crippen LogP contribution in [0.4, 0.5) is 11.4 Å². The third-order valence-electron chi connectivity index (χ3n) is 5.71. The standard InChI is InChI=1S/C23H26N4O3/c1-25-12-14-26(15-13-25)20-5-3-2-4-18(20)16-24-23(30)17-6-8-19(9-7-17)27-21(28)10-11-22(27)29/h2-9H,10-16H2,1H3,(H,24,30). The molecule has 7 heteroatoms. The lowest BCUT2D eigenvalue weighted by atomic mass is 10.1. The maximum Gasteiger partial charge on any atom is 0.251 e. The number of nitrogens with zero attached hydrogens (tertiary/aromatic N) is 3. The van der Waals surface area contributed by atoms with Crippen molar-refractivity contribution in [3.05, 3.63) is 59.7 Å². The van der Waals surface area contributed by atoms with Gasteiger partial charge in [-0.1, -0.05) is 18.2 Å². The number of piperazine rings is 1. The van der Waals surface area contributed by atoms with Gasteiger partial charge in [-0.25, -0.2) is 0 Å². The topological polar surface area (TPSA) is 73.0 Å². The van der Waals surface area contributed by atoms with Crippen molar-refractivity contribution in [1.82, 2.24) is 10.2 Å². The highest BCUT2D eigenvalue weighted by Crippen LogP contribution is 2.24. The van der Waals surface area contributed by atoms with E-state index in [9.17, 15) is 14.4 Å². The zero-order chi connectivity index (χ0) is 21.1. The molecule has 0 spiro atoms. The van der Waals surface area contributed by atoms with E-state index in [0.717, 1.165) is 37.4 Å². The van der Waals surface area contributed by atoms with Crippen LogP contribution >= 0.6 is 0 Å². The minimum atomic E-state index is -0.197. The Balaban J connectivity index is 1.41. The van der Waals surface area contributed by atoms with Crippen LogP contribution in [0.15, 0.2) is 48.5 Å². The number of imide groups is 1. The predicted octanol–water partition coefficient (Wildman–Crippen LogP) is 2.02. The maximum absolute atomic E-state index is 12.6. The fourth-order valence-electron chi connectivity index (χ4n) is 3.92. The lowest BCUT2D eigenvalue weighted by molar-refractivity contribution is -0.121. The second-order valence-electron chi connectivity index (χ2n) is 7.77. The second kappa shape index (κ2) is 8.67. The first-order valence-corrected chi connectivity index (χ1v) is 10.3. The number of carbonyl (C=O) groups excluding carboxylic acids is 3. The van der Waals surface area contributed by atoms with Crippen LogP contribution in [-0.2, 0) is 16.1 Å². The summed E-state index contributed by atoms with van der Waals surface area (Å²) in [5.41, 5.74) is 3.25. The normalized spacial score (nSPS) is 17.5. The van der Waals surface area contributed by atoms with Gasteiger partial charge < -0.3 is 15.1 Å². The van der Waals surface area contributed by atoms with E-state index >= 15 is 0 Å². The number of rotatable bonds is 5. The summed E-state index contributed by atoms with van der Waals surface area (Å²) in [6, 6.07) is 14.8. The van der Waals surface area contributed by atoms with Gasteiger partial charge in [-0.3, -0.25) is 19.3 Å². The molecule has 2 heterocycles. The summed E-state index contributed by atoms with van der Waals surface area (Å²) in [6.07, 6.45) is 0.488. The van der Waals surface area contributed by atoms with Crippen LogP contribution in [0.1, 0.15) is 28.8 Å². The monoisotopic (exact) mass is 406 g/mol. The van der Waals surface area contributed by atoms with Crippen LogP contribution in [-0.4, -0.2) is 55.8 Å². The highest BCUT2D eigenvalue weighted by molar-refractivity contribution is 6.19. The Morgan fingerprint density at radius 1 is 0.900 bits per heavy atom. The van der Waals surface area contributed by atoms with E-state index in [2.05, 4.69) is 28.2 Å². The lowest BCUT2D eigenvalue weighted by Gasteiger charge is -2.35. The zero-order valence-corrected chi connectivity index (χ0v) is 17.1. The number of benzene rings is 2. The molecule has 0 saturated carbocycles. The third kappa shape index (κ3) is 4.21. The molecule has 0 aliphatic carbocycles. The van der Waals surface area contributed by atoms with Crippen LogP contribution in [0.2, 0.25) is 0 Å². The Morgan fingerprint density at radius 2 is 1.53 bits per heavy atom. The van der Waals surface area contributed by atoms with Crippen molar-refractivity contribution in [2.45, 2.75) is 19.4 Å². The van der Waals surface area contributed by atoms with Gasteiger partial charge in [0.1, 0.15) is 0 Å². The molecule has 2 aromatic rings. The second-order valence-corrected chi connectivity index (χ2v) is 7.77. The number of carbonyl (C=O) groups is 3. The van der Waals surface area contributed by atoms with Gasteiger partial charge in [0.2, 0.25) is 11.8 Å². The summed E-state index contributed by atoms with van der Waals surface area (Å²) < 4.78 is 0. The maximum atomic E-state index is 12.6. The Hall–Kier alpha value is -3.19. The van der Waals surface area contributed by atoms with Gasteiger partial charge >= 0.3 is 0 Å². The molecule has 2 saturated heterocycles. The molecule has 2 aromatic carbocycles. The van der Waals surface area contributed by atoms with Gasteiger partial charge in [-0.2, -0.15) is 0 Å². The number of likely N-dealkylation sites (N-methyl/N-ethyl adjacent to an activating group) is 1. The molecule has 4 rings (SSSR count). The molecule has 7 nitrogen and oxygen atoms in total. The van der Waals surface area contributed by atoms with E-state index in [1.165, 1.54) is 4.90 Å². The molecule has 2 aliphatic heterocycles. The minimum Gasteiger partial charge on any atom is -0.369 e. The van der Waals surface area contributed by atoms with Gasteiger partial charge in [-0.15, -0.1) is 0 Å². The van der Waals surface area contributed by atoms with Crippen molar-refractivity contribution < 1.29 is 14.4 Å². The van der Waals surface area contributed by atoms with E-state index in [0.29, 0.717) is 17.8 Å². The molecule has 0 unspecified atom stereocenters. The van der Waals surface area contributed by atoms with Crippen LogP contribution in [0, 0.1) is 0 Å². The molecule has 156 valence electrons. The fourth-order valence-corrected chi connectivity index (χ4v) is 3.92. The molecule has 30 heavy (non-hydrogen) atoms. The Kier molecular flexibility index (Phi) is 5.81. The summed E-state index contributed by atoms with van der Waals surface area (Å²) in [5, 5.41) is 2.99. The number of amides is 3. The van der Waals surface area contributed by atoms with E-state index in [1.807, 2.05) is 18.2 Å². The molecule has 2 fully saturated rings. The summed E-state index contributed by atoms with van der Waals surface area (Å²) in [6.45, 7) is 4.42. The van der Waals surface area contributed by atoms with Crippen molar-refractivity contribution in [2.24, 2.45) is 0 Å². The van der Waals surface area contributed by atoms with Crippen molar-refractivity contribution in [3.63, 3.8) is 0 Å². The molecule has 0 bridgehead atoms. The average Bonchev–Trinajstić information content (AvgIpc) is 3.11. The van der Waals surface area contributed by atoms with Crippen molar-refractivity contribution >= 4 is 29.1 Å². The van der Waals surface area contributed by atoms with Gasteiger partial charge in [0.25, 0.3) is 5.91 Å². The molecule has 0 radical (unpaired) electrons. The summed E-state index contributed by atoms with van der Waals surface area (Å²) in [7, 11) is 2.13. The Morgan fingerprint density at radius 3 is 2.20 bits per heavy atom. The molecular weight excluding hydrogens is 380 g/mol. The molecular formula is C23H26N4O3. The summed E-state index contributed by atoms with van der Waals surface area (Å²) >= 11 is 0. The van der Waals surface area contributed by atoms with Gasteiger partial charge in [-0.05, 0) is 42.9 Å². The van der Waals surface area contributed by atoms with Crippen molar-refractivity contribution in [2.75, 3.05) is 43.0 Å². The van der Waals surface area contributed by atoms with Crippen LogP contribution in [0.5, 0.6) is 0 Å². The van der Waals surface area contributed by atoms with E-state index in [1.54, 1.807) is 24.3 Å². The number of nitrogens with one attached hydrogen (secondary N) is 1. The van der Waals surface area contributed by atoms with E-state index in [-0.39, 0.29) is 30.6 Å². The molecule has 2 aliphatic rings. The third-order valence-corrected chi connectivity index (χ3v) is 5.71. The number of hydrogen-bond donors (Lipinski definition) is 1. The minimum absolute atomic E-state index is 0.186. The Labute approximate surface area is 176 Å². The average molecular weight is 406 g/mol. The predicted molar refractivity (Wildman–Crippen MR) is 115 cm³/mol. The highest BCUT2D eigenvalue weighted by Gasteiger charge is 2.30.